The van der Waals surface area contributed by atoms with Gasteiger partial charge in [0, 0.05) is 13.1 Å². The highest BCUT2D eigenvalue weighted by Gasteiger charge is 2.35. The summed E-state index contributed by atoms with van der Waals surface area (Å²) in [4.78, 5) is 24.6. The summed E-state index contributed by atoms with van der Waals surface area (Å²) < 4.78 is 41.1. The van der Waals surface area contributed by atoms with E-state index in [1.165, 1.54) is 4.90 Å². The van der Waals surface area contributed by atoms with Crippen LogP contribution >= 0.6 is 0 Å². The summed E-state index contributed by atoms with van der Waals surface area (Å²) in [5, 5.41) is 1.83. The molecule has 0 aromatic heterocycles. The van der Waals surface area contributed by atoms with Gasteiger partial charge in [0.15, 0.2) is 0 Å². The number of amides is 2. The van der Waals surface area contributed by atoms with Crippen molar-refractivity contribution in [3.63, 3.8) is 0 Å². The summed E-state index contributed by atoms with van der Waals surface area (Å²) >= 11 is 0. The van der Waals surface area contributed by atoms with Crippen molar-refractivity contribution in [2.75, 3.05) is 19.6 Å². The lowest BCUT2D eigenvalue weighted by Crippen LogP contribution is -2.40. The molecule has 0 saturated carbocycles. The summed E-state index contributed by atoms with van der Waals surface area (Å²) in [6.45, 7) is 4.18. The van der Waals surface area contributed by atoms with Gasteiger partial charge in [-0.15, -0.1) is 0 Å². The molecule has 0 aromatic rings. The number of likely N-dealkylation sites (tertiary alicyclic amines) is 1. The highest BCUT2D eigenvalue weighted by atomic mass is 19.4. The fourth-order valence-corrected chi connectivity index (χ4v) is 1.80. The Hall–Kier alpha value is -1.47. The van der Waals surface area contributed by atoms with Crippen molar-refractivity contribution >= 4 is 12.0 Å². The first-order valence-electron chi connectivity index (χ1n) is 6.30. The van der Waals surface area contributed by atoms with Gasteiger partial charge in [0.25, 0.3) is 0 Å². The van der Waals surface area contributed by atoms with Crippen molar-refractivity contribution in [3.8, 4) is 0 Å². The lowest BCUT2D eigenvalue weighted by molar-refractivity contribution is -0.140. The number of nitrogens with zero attached hydrogens (tertiary/aromatic N) is 1. The van der Waals surface area contributed by atoms with Gasteiger partial charge in [-0.1, -0.05) is 0 Å². The van der Waals surface area contributed by atoms with Crippen LogP contribution in [0.3, 0.4) is 0 Å². The van der Waals surface area contributed by atoms with Crippen molar-refractivity contribution in [1.82, 2.24) is 10.2 Å². The van der Waals surface area contributed by atoms with Crippen LogP contribution in [-0.2, 0) is 9.53 Å². The molecule has 0 aromatic carbocycles. The van der Waals surface area contributed by atoms with E-state index >= 15 is 0 Å². The van der Waals surface area contributed by atoms with Gasteiger partial charge in [0.1, 0.15) is 12.1 Å². The van der Waals surface area contributed by atoms with Gasteiger partial charge in [-0.05, 0) is 27.2 Å². The maximum Gasteiger partial charge on any atom is 0.410 e. The van der Waals surface area contributed by atoms with E-state index in [9.17, 15) is 22.8 Å². The van der Waals surface area contributed by atoms with Gasteiger partial charge in [-0.2, -0.15) is 13.2 Å². The molecule has 1 saturated heterocycles. The van der Waals surface area contributed by atoms with Crippen LogP contribution in [0.2, 0.25) is 0 Å². The fourth-order valence-electron chi connectivity index (χ4n) is 1.80. The molecule has 0 bridgehead atoms. The van der Waals surface area contributed by atoms with Crippen molar-refractivity contribution in [2.24, 2.45) is 5.92 Å². The van der Waals surface area contributed by atoms with E-state index in [2.05, 4.69) is 0 Å². The number of hydrogen-bond acceptors (Lipinski definition) is 3. The third-order valence-corrected chi connectivity index (χ3v) is 2.67. The molecule has 116 valence electrons. The molecule has 1 N–H and O–H groups in total. The number of hydrogen-bond donors (Lipinski definition) is 1. The Labute approximate surface area is 115 Å². The van der Waals surface area contributed by atoms with Gasteiger partial charge in [0.2, 0.25) is 5.91 Å². The number of carbonyl (C=O) groups excluding carboxylic acids is 2. The Morgan fingerprint density at radius 3 is 2.40 bits per heavy atom. The summed E-state index contributed by atoms with van der Waals surface area (Å²) in [7, 11) is 0. The van der Waals surface area contributed by atoms with E-state index in [4.69, 9.17) is 4.74 Å². The average Bonchev–Trinajstić information content (AvgIpc) is 2.71. The van der Waals surface area contributed by atoms with Crippen molar-refractivity contribution in [3.05, 3.63) is 0 Å². The summed E-state index contributed by atoms with van der Waals surface area (Å²) in [6.07, 6.45) is -4.65. The summed E-state index contributed by atoms with van der Waals surface area (Å²) in [6, 6.07) is 0. The highest BCUT2D eigenvalue weighted by Crippen LogP contribution is 2.20. The molecule has 1 aliphatic heterocycles. The normalized spacial score (nSPS) is 19.9. The topological polar surface area (TPSA) is 58.6 Å². The number of ether oxygens (including phenoxy) is 1. The van der Waals surface area contributed by atoms with Gasteiger partial charge in [0.05, 0.1) is 5.92 Å². The molecule has 1 aliphatic rings. The minimum Gasteiger partial charge on any atom is -0.444 e. The minimum atomic E-state index is -4.43. The van der Waals surface area contributed by atoms with Crippen LogP contribution in [0.4, 0.5) is 18.0 Å². The van der Waals surface area contributed by atoms with Crippen LogP contribution in [0.15, 0.2) is 0 Å². The third-order valence-electron chi connectivity index (χ3n) is 2.67. The Morgan fingerprint density at radius 1 is 1.30 bits per heavy atom. The Bertz CT molecular complexity index is 377. The molecule has 8 heteroatoms. The number of carbonyl (C=O) groups is 2. The average molecular weight is 296 g/mol. The molecule has 1 fully saturated rings. The Balaban J connectivity index is 2.43. The van der Waals surface area contributed by atoms with Crippen LogP contribution in [0.5, 0.6) is 0 Å². The lowest BCUT2D eigenvalue weighted by atomic mass is 10.1. The standard InChI is InChI=1S/C12H19F3N2O3/c1-11(2,3)20-10(19)17-5-4-8(6-17)9(18)16-7-12(13,14)15/h8H,4-7H2,1-3H3,(H,16,18)/t8-/m1/s1. The van der Waals surface area contributed by atoms with Crippen LogP contribution in [0, 0.1) is 5.92 Å². The van der Waals surface area contributed by atoms with Gasteiger partial charge in [-0.3, -0.25) is 4.79 Å². The van der Waals surface area contributed by atoms with E-state index in [0.717, 1.165) is 0 Å². The Morgan fingerprint density at radius 2 is 1.90 bits per heavy atom. The second kappa shape index (κ2) is 5.88. The zero-order chi connectivity index (χ0) is 15.6. The lowest BCUT2D eigenvalue weighted by Gasteiger charge is -2.24. The number of halogens is 3. The van der Waals surface area contributed by atoms with E-state index in [0.29, 0.717) is 13.0 Å². The van der Waals surface area contributed by atoms with E-state index < -0.39 is 36.2 Å². The summed E-state index contributed by atoms with van der Waals surface area (Å²) in [5.41, 5.74) is -0.645. The largest absolute Gasteiger partial charge is 0.444 e. The SMILES string of the molecule is CC(C)(C)OC(=O)N1CC[C@@H](C(=O)NCC(F)(F)F)C1. The predicted molar refractivity (Wildman–Crippen MR) is 65.0 cm³/mol. The van der Waals surface area contributed by atoms with Crippen LogP contribution in [-0.4, -0.2) is 48.3 Å². The number of nitrogens with one attached hydrogen (secondary N) is 1. The van der Waals surface area contributed by atoms with Crippen molar-refractivity contribution in [1.29, 1.82) is 0 Å². The quantitative estimate of drug-likeness (QED) is 0.847. The van der Waals surface area contributed by atoms with E-state index in [1.807, 2.05) is 5.32 Å². The zero-order valence-electron chi connectivity index (χ0n) is 11.7. The molecular weight excluding hydrogens is 277 g/mol. The molecule has 5 nitrogen and oxygen atoms in total. The molecule has 0 aliphatic carbocycles. The van der Waals surface area contributed by atoms with Crippen LogP contribution in [0.1, 0.15) is 27.2 Å². The van der Waals surface area contributed by atoms with Gasteiger partial charge in [-0.25, -0.2) is 4.79 Å². The third kappa shape index (κ3) is 5.66. The zero-order valence-corrected chi connectivity index (χ0v) is 11.7. The first-order valence-corrected chi connectivity index (χ1v) is 6.30. The predicted octanol–water partition coefficient (Wildman–Crippen LogP) is 1.92. The number of alkyl halides is 3. The van der Waals surface area contributed by atoms with E-state index in [1.54, 1.807) is 20.8 Å². The highest BCUT2D eigenvalue weighted by molar-refractivity contribution is 5.80. The molecule has 2 amide bonds. The molecule has 1 heterocycles. The second-order valence-corrected chi connectivity index (χ2v) is 5.74. The summed E-state index contributed by atoms with van der Waals surface area (Å²) in [5.74, 6) is -1.31. The molecular formula is C12H19F3N2O3. The molecule has 1 atom stereocenters. The molecule has 0 spiro atoms. The first-order chi connectivity index (χ1) is 8.98. The first kappa shape index (κ1) is 16.6. The van der Waals surface area contributed by atoms with Crippen molar-refractivity contribution < 1.29 is 27.5 Å². The van der Waals surface area contributed by atoms with Gasteiger partial charge >= 0.3 is 12.3 Å². The second-order valence-electron chi connectivity index (χ2n) is 5.74. The molecule has 0 radical (unpaired) electrons. The monoisotopic (exact) mass is 296 g/mol. The van der Waals surface area contributed by atoms with Crippen molar-refractivity contribution in [2.45, 2.75) is 39.0 Å². The molecule has 0 unspecified atom stereocenters. The van der Waals surface area contributed by atoms with Gasteiger partial charge < -0.3 is 15.0 Å². The fraction of sp³-hybridized carbons (Fsp3) is 0.833. The van der Waals surface area contributed by atoms with E-state index in [-0.39, 0.29) is 6.54 Å². The maximum atomic E-state index is 12.0. The smallest absolute Gasteiger partial charge is 0.410 e. The minimum absolute atomic E-state index is 0.0819. The molecule has 20 heavy (non-hydrogen) atoms. The maximum absolute atomic E-state index is 12.0. The molecule has 1 rings (SSSR count). The van der Waals surface area contributed by atoms with Crippen LogP contribution < -0.4 is 5.32 Å². The Kier molecular flexibility index (Phi) is 4.88. The number of rotatable bonds is 2. The van der Waals surface area contributed by atoms with Crippen LogP contribution in [0.25, 0.3) is 0 Å².